The Kier molecular flexibility index (Phi) is 7.46. The van der Waals surface area contributed by atoms with Crippen molar-refractivity contribution < 1.29 is 27.5 Å². The molecule has 2 N–H and O–H groups in total. The summed E-state index contributed by atoms with van der Waals surface area (Å²) >= 11 is 0. The molecule has 2 aromatic rings. The Morgan fingerprint density at radius 2 is 1.69 bits per heavy atom. The van der Waals surface area contributed by atoms with E-state index in [4.69, 9.17) is 4.74 Å². The number of ether oxygens (including phenoxy) is 1. The minimum absolute atomic E-state index is 0.0460. The largest absolute Gasteiger partial charge is 0.454 e. The van der Waals surface area contributed by atoms with E-state index in [2.05, 4.69) is 10.6 Å². The first-order chi connectivity index (χ1) is 13.7. The van der Waals surface area contributed by atoms with Crippen LogP contribution >= 0.6 is 0 Å². The van der Waals surface area contributed by atoms with Gasteiger partial charge in [0.15, 0.2) is 6.61 Å². The number of nitrogens with one attached hydrogen (secondary N) is 2. The molecular formula is C19H21N3O6S. The molecule has 0 aliphatic carbocycles. The van der Waals surface area contributed by atoms with Gasteiger partial charge < -0.3 is 15.4 Å². The molecule has 2 rings (SSSR count). The molecule has 0 fully saturated rings. The number of sulfonamides is 1. The van der Waals surface area contributed by atoms with Gasteiger partial charge >= 0.3 is 5.97 Å². The fraction of sp³-hybridized carbons (Fsp3) is 0.211. The molecule has 0 atom stereocenters. The van der Waals surface area contributed by atoms with Crippen LogP contribution in [0, 0.1) is 0 Å². The lowest BCUT2D eigenvalue weighted by molar-refractivity contribution is -0.146. The maximum Gasteiger partial charge on any atom is 0.325 e. The number of carbonyl (C=O) groups is 3. The van der Waals surface area contributed by atoms with E-state index in [-0.39, 0.29) is 10.5 Å². The molecule has 0 aromatic heterocycles. The standard InChI is InChI=1S/C19H21N3O6S/c1-22(2)29(26,27)16-10-6-7-14(11-16)19(25)20-12-18(24)28-13-17(23)21-15-8-4-3-5-9-15/h3-11H,12-13H2,1-2H3,(H,20,25)(H,21,23). The van der Waals surface area contributed by atoms with Crippen molar-refractivity contribution in [3.63, 3.8) is 0 Å². The van der Waals surface area contributed by atoms with Crippen molar-refractivity contribution >= 4 is 33.5 Å². The third-order valence-electron chi connectivity index (χ3n) is 3.69. The van der Waals surface area contributed by atoms with Crippen molar-refractivity contribution in [1.29, 1.82) is 0 Å². The van der Waals surface area contributed by atoms with Crippen molar-refractivity contribution in [3.05, 3.63) is 60.2 Å². The summed E-state index contributed by atoms with van der Waals surface area (Å²) in [6.07, 6.45) is 0. The summed E-state index contributed by atoms with van der Waals surface area (Å²) in [4.78, 5) is 35.6. The van der Waals surface area contributed by atoms with Gasteiger partial charge in [0, 0.05) is 25.3 Å². The summed E-state index contributed by atoms with van der Waals surface area (Å²) < 4.78 is 30.1. The number of anilines is 1. The Morgan fingerprint density at radius 3 is 2.34 bits per heavy atom. The Labute approximate surface area is 168 Å². The van der Waals surface area contributed by atoms with Crippen LogP contribution in [0.3, 0.4) is 0 Å². The smallest absolute Gasteiger partial charge is 0.325 e. The van der Waals surface area contributed by atoms with E-state index in [1.807, 2.05) is 0 Å². The second kappa shape index (κ2) is 9.80. The van der Waals surface area contributed by atoms with Gasteiger partial charge in [-0.3, -0.25) is 14.4 Å². The summed E-state index contributed by atoms with van der Waals surface area (Å²) in [6.45, 7) is -0.970. The predicted molar refractivity (Wildman–Crippen MR) is 106 cm³/mol. The van der Waals surface area contributed by atoms with Crippen LogP contribution in [-0.2, 0) is 24.3 Å². The number of hydrogen-bond acceptors (Lipinski definition) is 6. The van der Waals surface area contributed by atoms with Crippen molar-refractivity contribution in [3.8, 4) is 0 Å². The SMILES string of the molecule is CN(C)S(=O)(=O)c1cccc(C(=O)NCC(=O)OCC(=O)Nc2ccccc2)c1. The van der Waals surface area contributed by atoms with Crippen LogP contribution < -0.4 is 10.6 Å². The lowest BCUT2D eigenvalue weighted by Gasteiger charge is -2.12. The second-order valence-corrected chi connectivity index (χ2v) is 8.22. The molecule has 154 valence electrons. The summed E-state index contributed by atoms with van der Waals surface area (Å²) in [5.41, 5.74) is 0.636. The number of hydrogen-bond donors (Lipinski definition) is 2. The number of amides is 2. The minimum Gasteiger partial charge on any atom is -0.454 e. The van der Waals surface area contributed by atoms with Crippen LogP contribution in [0.5, 0.6) is 0 Å². The van der Waals surface area contributed by atoms with E-state index < -0.39 is 41.0 Å². The van der Waals surface area contributed by atoms with Crippen molar-refractivity contribution in [1.82, 2.24) is 9.62 Å². The minimum atomic E-state index is -3.69. The molecular weight excluding hydrogens is 398 g/mol. The molecule has 0 spiro atoms. The van der Waals surface area contributed by atoms with Crippen molar-refractivity contribution in [2.24, 2.45) is 0 Å². The Bertz CT molecular complexity index is 990. The van der Waals surface area contributed by atoms with Crippen LogP contribution in [-0.4, -0.2) is 57.8 Å². The van der Waals surface area contributed by atoms with Gasteiger partial charge in [0.25, 0.3) is 11.8 Å². The molecule has 2 amide bonds. The summed E-state index contributed by atoms with van der Waals surface area (Å²) in [5.74, 6) is -1.97. The van der Waals surface area contributed by atoms with E-state index in [0.717, 1.165) is 4.31 Å². The molecule has 10 heteroatoms. The molecule has 0 saturated heterocycles. The van der Waals surface area contributed by atoms with Crippen LogP contribution in [0.4, 0.5) is 5.69 Å². The molecule has 0 radical (unpaired) electrons. The van der Waals surface area contributed by atoms with Gasteiger partial charge in [-0.05, 0) is 30.3 Å². The average molecular weight is 419 g/mol. The maximum absolute atomic E-state index is 12.2. The van der Waals surface area contributed by atoms with Crippen LogP contribution in [0.25, 0.3) is 0 Å². The lowest BCUT2D eigenvalue weighted by Crippen LogP contribution is -2.32. The van der Waals surface area contributed by atoms with Gasteiger partial charge in [-0.1, -0.05) is 24.3 Å². The maximum atomic E-state index is 12.2. The third-order valence-corrected chi connectivity index (χ3v) is 5.50. The van der Waals surface area contributed by atoms with Crippen LogP contribution in [0.1, 0.15) is 10.4 Å². The highest BCUT2D eigenvalue weighted by Gasteiger charge is 2.19. The zero-order chi connectivity index (χ0) is 21.4. The van der Waals surface area contributed by atoms with Gasteiger partial charge in [-0.2, -0.15) is 0 Å². The van der Waals surface area contributed by atoms with E-state index in [1.54, 1.807) is 30.3 Å². The van der Waals surface area contributed by atoms with Gasteiger partial charge in [0.2, 0.25) is 10.0 Å². The first kappa shape index (κ1) is 22.1. The normalized spacial score (nSPS) is 11.0. The van der Waals surface area contributed by atoms with Gasteiger partial charge in [0.1, 0.15) is 6.54 Å². The molecule has 0 aliphatic rings. The highest BCUT2D eigenvalue weighted by atomic mass is 32.2. The number of benzene rings is 2. The molecule has 0 heterocycles. The first-order valence-electron chi connectivity index (χ1n) is 8.51. The van der Waals surface area contributed by atoms with E-state index in [9.17, 15) is 22.8 Å². The summed E-state index contributed by atoms with van der Waals surface area (Å²) in [6, 6.07) is 14.1. The van der Waals surface area contributed by atoms with Crippen LogP contribution in [0.15, 0.2) is 59.5 Å². The van der Waals surface area contributed by atoms with Crippen LogP contribution in [0.2, 0.25) is 0 Å². The number of rotatable bonds is 8. The number of nitrogens with zero attached hydrogens (tertiary/aromatic N) is 1. The quantitative estimate of drug-likeness (QED) is 0.612. The van der Waals surface area contributed by atoms with E-state index in [0.29, 0.717) is 5.69 Å². The second-order valence-electron chi connectivity index (χ2n) is 6.07. The predicted octanol–water partition coefficient (Wildman–Crippen LogP) is 0.849. The molecule has 9 nitrogen and oxygen atoms in total. The molecule has 0 unspecified atom stereocenters. The van der Waals surface area contributed by atoms with Crippen molar-refractivity contribution in [2.45, 2.75) is 4.90 Å². The molecule has 0 bridgehead atoms. The number of carbonyl (C=O) groups excluding carboxylic acids is 3. The Morgan fingerprint density at radius 1 is 1.00 bits per heavy atom. The highest BCUT2D eigenvalue weighted by Crippen LogP contribution is 2.14. The third kappa shape index (κ3) is 6.40. The first-order valence-corrected chi connectivity index (χ1v) is 9.95. The fourth-order valence-electron chi connectivity index (χ4n) is 2.18. The number of esters is 1. The van der Waals surface area contributed by atoms with Gasteiger partial charge in [-0.25, -0.2) is 12.7 Å². The monoisotopic (exact) mass is 419 g/mol. The summed E-state index contributed by atoms with van der Waals surface area (Å²) in [5, 5.41) is 4.88. The fourth-order valence-corrected chi connectivity index (χ4v) is 3.13. The summed E-state index contributed by atoms with van der Waals surface area (Å²) in [7, 11) is -0.929. The molecule has 0 saturated carbocycles. The van der Waals surface area contributed by atoms with E-state index >= 15 is 0 Å². The topological polar surface area (TPSA) is 122 Å². The highest BCUT2D eigenvalue weighted by molar-refractivity contribution is 7.89. The number of para-hydroxylation sites is 1. The molecule has 2 aromatic carbocycles. The lowest BCUT2D eigenvalue weighted by atomic mass is 10.2. The average Bonchev–Trinajstić information content (AvgIpc) is 2.71. The Balaban J connectivity index is 1.84. The molecule has 29 heavy (non-hydrogen) atoms. The van der Waals surface area contributed by atoms with Crippen molar-refractivity contribution in [2.75, 3.05) is 32.6 Å². The Hall–Kier alpha value is -3.24. The zero-order valence-corrected chi connectivity index (χ0v) is 16.7. The zero-order valence-electron chi connectivity index (χ0n) is 15.9. The van der Waals surface area contributed by atoms with Gasteiger partial charge in [0.05, 0.1) is 4.90 Å². The molecule has 0 aliphatic heterocycles. The van der Waals surface area contributed by atoms with Gasteiger partial charge in [-0.15, -0.1) is 0 Å². The van der Waals surface area contributed by atoms with E-state index in [1.165, 1.54) is 38.4 Å².